The molecule has 1 aromatic heterocycles. The zero-order valence-corrected chi connectivity index (χ0v) is 20.5. The van der Waals surface area contributed by atoms with Crippen molar-refractivity contribution in [3.05, 3.63) is 71.3 Å². The summed E-state index contributed by atoms with van der Waals surface area (Å²) in [6, 6.07) is 14.4. The molecule has 1 amide bonds. The number of benzene rings is 2. The minimum Gasteiger partial charge on any atom is -0.553 e. The Kier molecular flexibility index (Phi) is 12.1. The van der Waals surface area contributed by atoms with Crippen LogP contribution in [0.2, 0.25) is 0 Å². The largest absolute Gasteiger partial charge is 1.00 e. The maximum atomic E-state index is 12.6. The van der Waals surface area contributed by atoms with Crippen molar-refractivity contribution in [3.8, 4) is 5.75 Å². The molecule has 8 nitrogen and oxygen atoms in total. The van der Waals surface area contributed by atoms with Crippen LogP contribution in [-0.2, 0) is 6.54 Å². The molecule has 154 valence electrons. The molecule has 0 bridgehead atoms. The Bertz CT molecular complexity index is 941. The number of carbonyl (C=O) groups excluding carboxylic acids is 2. The summed E-state index contributed by atoms with van der Waals surface area (Å²) in [7, 11) is 3.90. The minimum atomic E-state index is -0.261. The smallest absolute Gasteiger partial charge is 0.553 e. The second-order valence-electron chi connectivity index (χ2n) is 6.43. The number of para-hydroxylation sites is 1. The summed E-state index contributed by atoms with van der Waals surface area (Å²) in [6.45, 7) is 1.27. The zero-order chi connectivity index (χ0) is 21.2. The summed E-state index contributed by atoms with van der Waals surface area (Å²) in [5, 5.41) is 10.0. The summed E-state index contributed by atoms with van der Waals surface area (Å²) < 4.78 is 11.4. The van der Waals surface area contributed by atoms with Gasteiger partial charge < -0.3 is 30.5 Å². The molecule has 0 saturated carbocycles. The van der Waals surface area contributed by atoms with Gasteiger partial charge in [-0.25, -0.2) is 0 Å². The second kappa shape index (κ2) is 13.7. The van der Waals surface area contributed by atoms with Crippen LogP contribution < -0.4 is 61.4 Å². The van der Waals surface area contributed by atoms with Crippen molar-refractivity contribution in [2.24, 2.45) is 0 Å². The molecule has 3 rings (SSSR count). The van der Waals surface area contributed by atoms with Gasteiger partial charge in [0.05, 0.1) is 6.54 Å². The summed E-state index contributed by atoms with van der Waals surface area (Å²) in [5.41, 5.74) is 2.17. The van der Waals surface area contributed by atoms with E-state index < -0.39 is 0 Å². The first-order valence-corrected chi connectivity index (χ1v) is 8.92. The molecule has 3 aromatic rings. The van der Waals surface area contributed by atoms with E-state index in [1.165, 1.54) is 0 Å². The number of amides is 1. The topological polar surface area (TPSA) is 116 Å². The van der Waals surface area contributed by atoms with Gasteiger partial charge in [-0.15, -0.1) is 0 Å². The van der Waals surface area contributed by atoms with Crippen LogP contribution in [0.3, 0.4) is 0 Å². The maximum absolute atomic E-state index is 12.6. The zero-order valence-electron chi connectivity index (χ0n) is 17.3. The SMILES string of the molecule is CN(C)Cc1c(C(=O)NCCOc2ccc(C=O)cc2)oc2ccccc12.[K+].[NH-]O. The molecule has 2 aromatic carbocycles. The number of hydrogen-bond acceptors (Lipinski definition) is 6. The molecule has 0 radical (unpaired) electrons. The van der Waals surface area contributed by atoms with Crippen molar-refractivity contribution < 1.29 is 75.3 Å². The Balaban J connectivity index is 0.00000146. The quantitative estimate of drug-likeness (QED) is 0.230. The summed E-state index contributed by atoms with van der Waals surface area (Å²) in [5.74, 6) is 5.47. The fourth-order valence-corrected chi connectivity index (χ4v) is 2.81. The van der Waals surface area contributed by atoms with Gasteiger partial charge in [0.2, 0.25) is 0 Å². The first-order valence-electron chi connectivity index (χ1n) is 8.92. The normalized spacial score (nSPS) is 10.0. The number of carbonyl (C=O) groups is 2. The van der Waals surface area contributed by atoms with Crippen molar-refractivity contribution in [3.63, 3.8) is 0 Å². The van der Waals surface area contributed by atoms with Crippen molar-refractivity contribution >= 4 is 23.2 Å². The standard InChI is InChI=1S/C21H22N2O4.K.H2NO/c1-23(2)13-18-17-5-3-4-6-19(17)27-20(18)21(25)22-11-12-26-16-9-7-15(14-24)8-10-16;;1-2/h3-10,14H,11-13H2,1-2H3,(H,22,25);;1-2H/q;+1;-1. The molecule has 0 aliphatic carbocycles. The molecule has 0 unspecified atom stereocenters. The average molecular weight is 438 g/mol. The Morgan fingerprint density at radius 1 is 1.17 bits per heavy atom. The van der Waals surface area contributed by atoms with E-state index in [1.807, 2.05) is 43.3 Å². The van der Waals surface area contributed by atoms with Crippen molar-refractivity contribution in [1.29, 1.82) is 0 Å². The third kappa shape index (κ3) is 7.29. The van der Waals surface area contributed by atoms with E-state index in [1.54, 1.807) is 24.3 Å². The van der Waals surface area contributed by atoms with Gasteiger partial charge in [-0.2, -0.15) is 0 Å². The minimum absolute atomic E-state index is 0. The maximum Gasteiger partial charge on any atom is 1.00 e. The number of rotatable bonds is 8. The molecular formula is C21H24KN3O5. The fraction of sp³-hybridized carbons (Fsp3) is 0.238. The molecule has 0 fully saturated rings. The molecule has 0 aliphatic heterocycles. The molecule has 0 spiro atoms. The fourth-order valence-electron chi connectivity index (χ4n) is 2.81. The number of aldehydes is 1. The van der Waals surface area contributed by atoms with Crippen LogP contribution in [0.4, 0.5) is 0 Å². The third-order valence-electron chi connectivity index (χ3n) is 4.05. The summed E-state index contributed by atoms with van der Waals surface area (Å²) in [4.78, 5) is 25.2. The van der Waals surface area contributed by atoms with Gasteiger partial charge in [-0.1, -0.05) is 18.2 Å². The first kappa shape index (κ1) is 26.5. The van der Waals surface area contributed by atoms with Gasteiger partial charge in [-0.3, -0.25) is 9.59 Å². The molecule has 0 saturated heterocycles. The monoisotopic (exact) mass is 437 g/mol. The van der Waals surface area contributed by atoms with E-state index in [2.05, 4.69) is 5.32 Å². The Morgan fingerprint density at radius 2 is 1.83 bits per heavy atom. The Labute approximate surface area is 217 Å². The van der Waals surface area contributed by atoms with Gasteiger partial charge in [0.25, 0.3) is 5.91 Å². The summed E-state index contributed by atoms with van der Waals surface area (Å²) in [6.07, 6.45) is 0.780. The van der Waals surface area contributed by atoms with Crippen molar-refractivity contribution in [1.82, 2.24) is 10.2 Å². The predicted molar refractivity (Wildman–Crippen MR) is 109 cm³/mol. The molecule has 0 atom stereocenters. The number of nitrogens with zero attached hydrogens (tertiary/aromatic N) is 1. The van der Waals surface area contributed by atoms with Crippen LogP contribution in [-0.4, -0.2) is 49.5 Å². The van der Waals surface area contributed by atoms with Gasteiger partial charge in [0.15, 0.2) is 5.76 Å². The average Bonchev–Trinajstić information content (AvgIpc) is 3.11. The summed E-state index contributed by atoms with van der Waals surface area (Å²) >= 11 is 0. The molecule has 30 heavy (non-hydrogen) atoms. The van der Waals surface area contributed by atoms with Gasteiger partial charge >= 0.3 is 51.4 Å². The third-order valence-corrected chi connectivity index (χ3v) is 4.05. The molecular weight excluding hydrogens is 413 g/mol. The van der Waals surface area contributed by atoms with Crippen LogP contribution in [0.1, 0.15) is 26.5 Å². The van der Waals surface area contributed by atoms with E-state index in [0.29, 0.717) is 42.4 Å². The van der Waals surface area contributed by atoms with E-state index in [9.17, 15) is 9.59 Å². The van der Waals surface area contributed by atoms with Crippen molar-refractivity contribution in [2.45, 2.75) is 6.54 Å². The number of fused-ring (bicyclic) bond motifs is 1. The first-order chi connectivity index (χ1) is 14.1. The van der Waals surface area contributed by atoms with Gasteiger partial charge in [0, 0.05) is 23.1 Å². The number of ether oxygens (including phenoxy) is 1. The predicted octanol–water partition coefficient (Wildman–Crippen LogP) is 0.548. The second-order valence-corrected chi connectivity index (χ2v) is 6.43. The van der Waals surface area contributed by atoms with Gasteiger partial charge in [0.1, 0.15) is 24.2 Å². The number of hydrogen-bond donors (Lipinski definition) is 2. The Morgan fingerprint density at radius 3 is 2.47 bits per heavy atom. The van der Waals surface area contributed by atoms with E-state index >= 15 is 0 Å². The number of nitrogens with one attached hydrogen (secondary N) is 2. The molecule has 9 heteroatoms. The molecule has 0 aliphatic rings. The van der Waals surface area contributed by atoms with E-state index in [4.69, 9.17) is 20.3 Å². The van der Waals surface area contributed by atoms with Crippen LogP contribution in [0.5, 0.6) is 5.75 Å². The van der Waals surface area contributed by atoms with Crippen LogP contribution in [0.25, 0.3) is 16.9 Å². The number of furan rings is 1. The molecule has 3 N–H and O–H groups in total. The van der Waals surface area contributed by atoms with Crippen LogP contribution >= 0.6 is 0 Å². The Hall–Kier alpha value is -1.56. The van der Waals surface area contributed by atoms with E-state index in [-0.39, 0.29) is 57.3 Å². The van der Waals surface area contributed by atoms with E-state index in [0.717, 1.165) is 17.2 Å². The van der Waals surface area contributed by atoms with Crippen LogP contribution in [0.15, 0.2) is 52.9 Å². The van der Waals surface area contributed by atoms with Gasteiger partial charge in [-0.05, 0) is 44.4 Å². The van der Waals surface area contributed by atoms with Crippen LogP contribution in [0, 0.1) is 0 Å². The molecule has 1 heterocycles. The van der Waals surface area contributed by atoms with Crippen molar-refractivity contribution in [2.75, 3.05) is 27.2 Å².